The van der Waals surface area contributed by atoms with Crippen LogP contribution in [0.4, 0.5) is 20.5 Å². The van der Waals surface area contributed by atoms with Crippen LogP contribution in [0.25, 0.3) is 22.3 Å². The highest BCUT2D eigenvalue weighted by molar-refractivity contribution is 5.95. The van der Waals surface area contributed by atoms with Crippen molar-refractivity contribution >= 4 is 28.7 Å². The van der Waals surface area contributed by atoms with E-state index >= 15 is 0 Å². The van der Waals surface area contributed by atoms with Gasteiger partial charge in [-0.05, 0) is 64.4 Å². The maximum Gasteiger partial charge on any atom is 0.255 e. The second-order valence-electron chi connectivity index (χ2n) is 11.2. The van der Waals surface area contributed by atoms with Gasteiger partial charge < -0.3 is 25.2 Å². The predicted octanol–water partition coefficient (Wildman–Crippen LogP) is 4.13. The number of anilines is 2. The van der Waals surface area contributed by atoms with Gasteiger partial charge in [-0.1, -0.05) is 6.42 Å². The highest BCUT2D eigenvalue weighted by Gasteiger charge is 2.49. The Balaban J connectivity index is 1.18. The molecule has 1 aromatic carbocycles. The number of amides is 1. The molecule has 214 valence electrons. The molecule has 1 unspecified atom stereocenters. The van der Waals surface area contributed by atoms with Crippen molar-refractivity contribution in [3.8, 4) is 11.3 Å². The number of β-amino-alcohol motifs (C(OH)–C–C–N with tert-alkyl or cyclic N) is 1. The fourth-order valence-corrected chi connectivity index (χ4v) is 5.87. The van der Waals surface area contributed by atoms with Gasteiger partial charge in [-0.2, -0.15) is 0 Å². The monoisotopic (exact) mass is 562 g/mol. The number of fused-ring (bicyclic) bond motifs is 1. The molecule has 2 aliphatic rings. The number of aromatic nitrogens is 5. The van der Waals surface area contributed by atoms with E-state index in [1.807, 2.05) is 18.4 Å². The van der Waals surface area contributed by atoms with Crippen LogP contribution >= 0.6 is 0 Å². The van der Waals surface area contributed by atoms with Crippen molar-refractivity contribution in [3.63, 3.8) is 0 Å². The Morgan fingerprint density at radius 3 is 2.61 bits per heavy atom. The van der Waals surface area contributed by atoms with Crippen LogP contribution in [0.5, 0.6) is 0 Å². The Kier molecular flexibility index (Phi) is 6.90. The summed E-state index contributed by atoms with van der Waals surface area (Å²) in [6.07, 6.45) is 5.52. The number of rotatable bonds is 6. The number of pyridine rings is 1. The van der Waals surface area contributed by atoms with Crippen molar-refractivity contribution in [2.75, 3.05) is 25.0 Å². The molecule has 41 heavy (non-hydrogen) atoms. The average Bonchev–Trinajstić information content (AvgIpc) is 3.29. The first-order valence-corrected chi connectivity index (χ1v) is 13.8. The molecule has 12 heteroatoms. The summed E-state index contributed by atoms with van der Waals surface area (Å²) < 4.78 is 31.7. The van der Waals surface area contributed by atoms with Crippen LogP contribution < -0.4 is 10.6 Å². The smallest absolute Gasteiger partial charge is 0.255 e. The highest BCUT2D eigenvalue weighted by atomic mass is 19.1. The lowest BCUT2D eigenvalue weighted by Gasteiger charge is -2.51. The van der Waals surface area contributed by atoms with Crippen LogP contribution in [0.3, 0.4) is 0 Å². The summed E-state index contributed by atoms with van der Waals surface area (Å²) in [5, 5.41) is 17.2. The Labute approximate surface area is 235 Å². The Bertz CT molecular complexity index is 1610. The van der Waals surface area contributed by atoms with Gasteiger partial charge in [0.05, 0.1) is 30.4 Å². The molecular weight excluding hydrogens is 530 g/mol. The first kappa shape index (κ1) is 27.2. The van der Waals surface area contributed by atoms with Crippen molar-refractivity contribution in [3.05, 3.63) is 59.7 Å². The molecule has 2 aliphatic heterocycles. The fourth-order valence-electron chi connectivity index (χ4n) is 5.87. The van der Waals surface area contributed by atoms with Crippen molar-refractivity contribution in [1.82, 2.24) is 34.7 Å². The third-order valence-corrected chi connectivity index (χ3v) is 7.88. The number of aliphatic hydroxyl groups is 1. The third-order valence-electron chi connectivity index (χ3n) is 7.88. The number of carbonyl (C=O) groups is 1. The van der Waals surface area contributed by atoms with Gasteiger partial charge in [0, 0.05) is 23.8 Å². The largest absolute Gasteiger partial charge is 0.385 e. The molecule has 2 fully saturated rings. The van der Waals surface area contributed by atoms with E-state index in [1.54, 1.807) is 30.0 Å². The van der Waals surface area contributed by atoms with Gasteiger partial charge in [0.25, 0.3) is 5.91 Å². The van der Waals surface area contributed by atoms with E-state index in [-0.39, 0.29) is 53.8 Å². The number of nitrogens with zero attached hydrogens (tertiary/aromatic N) is 6. The molecular formula is C29H32F2N8O2. The van der Waals surface area contributed by atoms with Crippen molar-refractivity contribution in [1.29, 1.82) is 0 Å². The lowest BCUT2D eigenvalue weighted by molar-refractivity contribution is -0.108. The third kappa shape index (κ3) is 5.02. The SMILES string of the molecule is Cc1nc2c(F)cc(-c3nc(Nc4ccc(C(=O)N5CC(O)(C6CCCCN6)C5)cn4)ncc3F)cc2n1C(C)C. The van der Waals surface area contributed by atoms with Crippen LogP contribution in [0.15, 0.2) is 36.7 Å². The minimum atomic E-state index is -0.899. The molecule has 0 saturated carbocycles. The number of imidazole rings is 1. The number of nitrogens with one attached hydrogen (secondary N) is 2. The lowest BCUT2D eigenvalue weighted by Crippen LogP contribution is -2.72. The van der Waals surface area contributed by atoms with Gasteiger partial charge in [-0.3, -0.25) is 4.79 Å². The van der Waals surface area contributed by atoms with E-state index in [2.05, 4.69) is 30.6 Å². The first-order valence-electron chi connectivity index (χ1n) is 13.8. The minimum Gasteiger partial charge on any atom is -0.385 e. The summed E-state index contributed by atoms with van der Waals surface area (Å²) in [6.45, 7) is 7.18. The topological polar surface area (TPSA) is 121 Å². The van der Waals surface area contributed by atoms with Crippen LogP contribution in [-0.4, -0.2) is 71.7 Å². The van der Waals surface area contributed by atoms with Crippen LogP contribution in [0, 0.1) is 18.6 Å². The summed E-state index contributed by atoms with van der Waals surface area (Å²) in [4.78, 5) is 31.5. The van der Waals surface area contributed by atoms with Gasteiger partial charge in [0.1, 0.15) is 28.5 Å². The summed E-state index contributed by atoms with van der Waals surface area (Å²) in [5.74, 6) is -0.400. The molecule has 4 aromatic rings. The number of hydrogen-bond donors (Lipinski definition) is 3. The van der Waals surface area contributed by atoms with Crippen LogP contribution in [0.2, 0.25) is 0 Å². The Hall–Kier alpha value is -4.03. The predicted molar refractivity (Wildman–Crippen MR) is 150 cm³/mol. The molecule has 6 rings (SSSR count). The van der Waals surface area contributed by atoms with E-state index < -0.39 is 17.2 Å². The Morgan fingerprint density at radius 1 is 1.12 bits per heavy atom. The number of aryl methyl sites for hydroxylation is 1. The summed E-state index contributed by atoms with van der Waals surface area (Å²) in [7, 11) is 0. The van der Waals surface area contributed by atoms with Crippen LogP contribution in [0.1, 0.15) is 55.3 Å². The molecule has 2 saturated heterocycles. The van der Waals surface area contributed by atoms with Crippen molar-refractivity contribution < 1.29 is 18.7 Å². The van der Waals surface area contributed by atoms with Gasteiger partial charge in [0.2, 0.25) is 5.95 Å². The zero-order valence-corrected chi connectivity index (χ0v) is 23.2. The van der Waals surface area contributed by atoms with E-state index in [1.165, 1.54) is 12.3 Å². The fraction of sp³-hybridized carbons (Fsp3) is 0.414. The summed E-state index contributed by atoms with van der Waals surface area (Å²) in [6, 6.07) is 6.15. The van der Waals surface area contributed by atoms with Crippen molar-refractivity contribution in [2.45, 2.75) is 57.7 Å². The molecule has 0 bridgehead atoms. The van der Waals surface area contributed by atoms with Gasteiger partial charge in [-0.25, -0.2) is 28.7 Å². The zero-order valence-electron chi connectivity index (χ0n) is 23.2. The molecule has 1 amide bonds. The molecule has 1 atom stereocenters. The molecule has 0 radical (unpaired) electrons. The number of hydrogen-bond acceptors (Lipinski definition) is 8. The maximum atomic E-state index is 15.0. The van der Waals surface area contributed by atoms with E-state index in [0.29, 0.717) is 22.7 Å². The highest BCUT2D eigenvalue weighted by Crippen LogP contribution is 2.32. The van der Waals surface area contributed by atoms with Gasteiger partial charge in [-0.15, -0.1) is 0 Å². The summed E-state index contributed by atoms with van der Waals surface area (Å²) in [5.41, 5.74) is 0.450. The number of halogens is 2. The molecule has 3 N–H and O–H groups in total. The standard InChI is InChI=1S/C29H32F2N8O2/c1-16(2)39-17(3)35-26-20(30)10-19(11-22(26)39)25-21(31)13-34-28(37-25)36-24-8-7-18(12-33-24)27(40)38-14-29(41,15-38)23-6-4-5-9-32-23/h7-8,10-13,16,23,32,41H,4-6,9,14-15H2,1-3H3,(H,33,34,36,37). The van der Waals surface area contributed by atoms with Gasteiger partial charge in [0.15, 0.2) is 11.6 Å². The lowest BCUT2D eigenvalue weighted by atomic mass is 9.81. The minimum absolute atomic E-state index is 0.00508. The molecule has 0 aliphatic carbocycles. The van der Waals surface area contributed by atoms with E-state index in [4.69, 9.17) is 0 Å². The van der Waals surface area contributed by atoms with Crippen LogP contribution in [-0.2, 0) is 0 Å². The van der Waals surface area contributed by atoms with E-state index in [9.17, 15) is 18.7 Å². The quantitative estimate of drug-likeness (QED) is 0.321. The normalized spacial score (nSPS) is 18.5. The second kappa shape index (κ2) is 10.4. The van der Waals surface area contributed by atoms with Gasteiger partial charge >= 0.3 is 0 Å². The number of carbonyl (C=O) groups excluding carboxylic acids is 1. The Morgan fingerprint density at radius 2 is 1.93 bits per heavy atom. The molecule has 3 aromatic heterocycles. The average molecular weight is 563 g/mol. The second-order valence-corrected chi connectivity index (χ2v) is 11.2. The molecule has 0 spiro atoms. The molecule has 10 nitrogen and oxygen atoms in total. The maximum absolute atomic E-state index is 15.0. The first-order chi connectivity index (χ1) is 19.6. The number of benzene rings is 1. The molecule has 5 heterocycles. The summed E-state index contributed by atoms with van der Waals surface area (Å²) >= 11 is 0. The zero-order chi connectivity index (χ0) is 28.9. The van der Waals surface area contributed by atoms with E-state index in [0.717, 1.165) is 32.0 Å². The number of likely N-dealkylation sites (tertiary alicyclic amines) is 1. The van der Waals surface area contributed by atoms with Crippen molar-refractivity contribution in [2.24, 2.45) is 0 Å². The number of piperidine rings is 1.